The lowest BCUT2D eigenvalue weighted by molar-refractivity contribution is 0.101. The van der Waals surface area contributed by atoms with E-state index in [1.165, 1.54) is 4.57 Å². The minimum atomic E-state index is -0.551. The Morgan fingerprint density at radius 3 is 2.35 bits per heavy atom. The highest BCUT2D eigenvalue weighted by atomic mass is 16.2. The standard InChI is InChI=1S/C24H28N4O3/c1-14-11-15(2)20(17(4)29)16(3)19(14)13-27(5)21-22(25)28(24(31)26-23(21)30)12-18-9-7-6-8-10-18/h6-11H,12-13,25H2,1-5H3,(H,26,30,31). The number of nitrogens with two attached hydrogens (primary N) is 1. The minimum absolute atomic E-state index is 0.00711. The lowest BCUT2D eigenvalue weighted by Crippen LogP contribution is -2.37. The number of nitrogens with zero attached hydrogens (tertiary/aromatic N) is 2. The Morgan fingerprint density at radius 2 is 1.74 bits per heavy atom. The molecule has 0 radical (unpaired) electrons. The van der Waals surface area contributed by atoms with Crippen LogP contribution in [-0.4, -0.2) is 22.4 Å². The monoisotopic (exact) mass is 420 g/mol. The molecule has 0 amide bonds. The first-order valence-electron chi connectivity index (χ1n) is 10.1. The fraction of sp³-hybridized carbons (Fsp3) is 0.292. The zero-order valence-corrected chi connectivity index (χ0v) is 18.6. The Hall–Kier alpha value is -3.61. The first-order chi connectivity index (χ1) is 14.6. The zero-order chi connectivity index (χ0) is 22.9. The van der Waals surface area contributed by atoms with Crippen LogP contribution in [0, 0.1) is 20.8 Å². The second-order valence-corrected chi connectivity index (χ2v) is 7.97. The Balaban J connectivity index is 2.05. The fourth-order valence-electron chi connectivity index (χ4n) is 4.20. The van der Waals surface area contributed by atoms with Crippen LogP contribution in [0.15, 0.2) is 46.0 Å². The van der Waals surface area contributed by atoms with Crippen LogP contribution < -0.4 is 21.9 Å². The van der Waals surface area contributed by atoms with Crippen molar-refractivity contribution in [3.8, 4) is 0 Å². The van der Waals surface area contributed by atoms with Crippen molar-refractivity contribution in [2.75, 3.05) is 17.7 Å². The first kappa shape index (κ1) is 22.1. The maximum atomic E-state index is 12.7. The van der Waals surface area contributed by atoms with Gasteiger partial charge in [0.25, 0.3) is 5.56 Å². The molecule has 0 bridgehead atoms. The van der Waals surface area contributed by atoms with Gasteiger partial charge in [0.05, 0.1) is 6.54 Å². The third-order valence-corrected chi connectivity index (χ3v) is 5.66. The molecule has 3 aromatic rings. The molecule has 0 aliphatic heterocycles. The average molecular weight is 421 g/mol. The van der Waals surface area contributed by atoms with Crippen LogP contribution in [0.5, 0.6) is 0 Å². The highest BCUT2D eigenvalue weighted by Crippen LogP contribution is 2.26. The van der Waals surface area contributed by atoms with E-state index in [1.807, 2.05) is 57.2 Å². The van der Waals surface area contributed by atoms with E-state index in [0.717, 1.165) is 27.8 Å². The van der Waals surface area contributed by atoms with Gasteiger partial charge in [0, 0.05) is 19.2 Å². The second-order valence-electron chi connectivity index (χ2n) is 7.97. The van der Waals surface area contributed by atoms with Crippen LogP contribution in [0.1, 0.15) is 45.1 Å². The highest BCUT2D eigenvalue weighted by Gasteiger charge is 2.20. The zero-order valence-electron chi connectivity index (χ0n) is 18.6. The predicted octanol–water partition coefficient (Wildman–Crippen LogP) is 2.93. The number of aromatic nitrogens is 2. The molecular formula is C24H28N4O3. The third kappa shape index (κ3) is 4.30. The van der Waals surface area contributed by atoms with Gasteiger partial charge in [-0.2, -0.15) is 0 Å². The summed E-state index contributed by atoms with van der Waals surface area (Å²) < 4.78 is 1.36. The summed E-state index contributed by atoms with van der Waals surface area (Å²) in [5.41, 5.74) is 10.9. The van der Waals surface area contributed by atoms with Gasteiger partial charge in [0.2, 0.25) is 0 Å². The first-order valence-corrected chi connectivity index (χ1v) is 10.1. The molecule has 0 saturated heterocycles. The van der Waals surface area contributed by atoms with E-state index in [-0.39, 0.29) is 23.8 Å². The van der Waals surface area contributed by atoms with Gasteiger partial charge in [-0.25, -0.2) is 4.79 Å². The molecule has 0 aliphatic rings. The summed E-state index contributed by atoms with van der Waals surface area (Å²) in [6, 6.07) is 11.4. The molecule has 0 unspecified atom stereocenters. The predicted molar refractivity (Wildman–Crippen MR) is 124 cm³/mol. The van der Waals surface area contributed by atoms with Gasteiger partial charge in [-0.05, 0) is 55.5 Å². The Bertz CT molecular complexity index is 1260. The molecule has 7 nitrogen and oxygen atoms in total. The molecule has 7 heteroatoms. The van der Waals surface area contributed by atoms with Crippen molar-refractivity contribution >= 4 is 17.3 Å². The average Bonchev–Trinajstić information content (AvgIpc) is 2.68. The van der Waals surface area contributed by atoms with E-state index in [1.54, 1.807) is 18.9 Å². The highest BCUT2D eigenvalue weighted by molar-refractivity contribution is 5.97. The summed E-state index contributed by atoms with van der Waals surface area (Å²) in [5, 5.41) is 0. The molecule has 3 rings (SSSR count). The van der Waals surface area contributed by atoms with Gasteiger partial charge in [0.1, 0.15) is 11.5 Å². The van der Waals surface area contributed by atoms with Crippen molar-refractivity contribution in [1.82, 2.24) is 9.55 Å². The topological polar surface area (TPSA) is 101 Å². The normalized spacial score (nSPS) is 10.9. The van der Waals surface area contributed by atoms with Crippen molar-refractivity contribution in [2.24, 2.45) is 0 Å². The number of benzene rings is 2. The molecular weight excluding hydrogens is 392 g/mol. The van der Waals surface area contributed by atoms with E-state index in [4.69, 9.17) is 5.73 Å². The third-order valence-electron chi connectivity index (χ3n) is 5.66. The second kappa shape index (κ2) is 8.63. The molecule has 0 fully saturated rings. The summed E-state index contributed by atoms with van der Waals surface area (Å²) in [6.07, 6.45) is 0. The van der Waals surface area contributed by atoms with Gasteiger partial charge >= 0.3 is 5.69 Å². The number of aromatic amines is 1. The summed E-state index contributed by atoms with van der Waals surface area (Å²) in [6.45, 7) is 8.00. The molecule has 0 spiro atoms. The van der Waals surface area contributed by atoms with Crippen molar-refractivity contribution < 1.29 is 4.79 Å². The summed E-state index contributed by atoms with van der Waals surface area (Å²) in [7, 11) is 1.75. The molecule has 2 aromatic carbocycles. The van der Waals surface area contributed by atoms with E-state index in [9.17, 15) is 14.4 Å². The van der Waals surface area contributed by atoms with Crippen LogP contribution in [0.3, 0.4) is 0 Å². The van der Waals surface area contributed by atoms with Crippen LogP contribution in [-0.2, 0) is 13.1 Å². The number of H-pyrrole nitrogens is 1. The Morgan fingerprint density at radius 1 is 1.10 bits per heavy atom. The lowest BCUT2D eigenvalue weighted by Gasteiger charge is -2.25. The molecule has 31 heavy (non-hydrogen) atoms. The number of carbonyl (C=O) groups excluding carboxylic acids is 1. The largest absolute Gasteiger partial charge is 0.383 e. The molecule has 0 saturated carbocycles. The van der Waals surface area contributed by atoms with Crippen LogP contribution in [0.4, 0.5) is 11.5 Å². The van der Waals surface area contributed by atoms with Crippen molar-refractivity contribution in [3.63, 3.8) is 0 Å². The van der Waals surface area contributed by atoms with Gasteiger partial charge in [-0.1, -0.05) is 36.4 Å². The number of nitrogens with one attached hydrogen (secondary N) is 1. The van der Waals surface area contributed by atoms with E-state index in [2.05, 4.69) is 4.98 Å². The van der Waals surface area contributed by atoms with Crippen molar-refractivity contribution in [1.29, 1.82) is 0 Å². The number of hydrogen-bond donors (Lipinski definition) is 2. The number of rotatable bonds is 6. The van der Waals surface area contributed by atoms with Crippen LogP contribution in [0.25, 0.3) is 0 Å². The molecule has 162 valence electrons. The van der Waals surface area contributed by atoms with E-state index in [0.29, 0.717) is 12.1 Å². The SMILES string of the molecule is CC(=O)c1c(C)cc(C)c(CN(C)c2c(N)n(Cc3ccccc3)c(=O)[nH]c2=O)c1C. The summed E-state index contributed by atoms with van der Waals surface area (Å²) in [5.74, 6) is 0.113. The Labute approximate surface area is 181 Å². The van der Waals surface area contributed by atoms with E-state index >= 15 is 0 Å². The van der Waals surface area contributed by atoms with Crippen molar-refractivity contribution in [2.45, 2.75) is 40.8 Å². The number of carbonyl (C=O) groups is 1. The number of anilines is 2. The van der Waals surface area contributed by atoms with Gasteiger partial charge in [-0.15, -0.1) is 0 Å². The van der Waals surface area contributed by atoms with Crippen LogP contribution in [0.2, 0.25) is 0 Å². The van der Waals surface area contributed by atoms with Gasteiger partial charge in [-0.3, -0.25) is 19.1 Å². The molecule has 0 atom stereocenters. The van der Waals surface area contributed by atoms with E-state index < -0.39 is 11.2 Å². The number of Topliss-reactive ketones (excluding diaryl/α,β-unsaturated/α-hetero) is 1. The molecule has 1 aromatic heterocycles. The molecule has 0 aliphatic carbocycles. The van der Waals surface area contributed by atoms with Gasteiger partial charge < -0.3 is 10.6 Å². The summed E-state index contributed by atoms with van der Waals surface area (Å²) >= 11 is 0. The number of ketones is 1. The number of hydrogen-bond acceptors (Lipinski definition) is 5. The summed E-state index contributed by atoms with van der Waals surface area (Å²) in [4.78, 5) is 41.3. The molecule has 1 heterocycles. The fourth-order valence-corrected chi connectivity index (χ4v) is 4.20. The number of aryl methyl sites for hydroxylation is 2. The quantitative estimate of drug-likeness (QED) is 0.597. The maximum absolute atomic E-state index is 12.7. The maximum Gasteiger partial charge on any atom is 0.330 e. The van der Waals surface area contributed by atoms with Crippen LogP contribution >= 0.6 is 0 Å². The smallest absolute Gasteiger partial charge is 0.330 e. The minimum Gasteiger partial charge on any atom is -0.383 e. The van der Waals surface area contributed by atoms with Gasteiger partial charge in [0.15, 0.2) is 5.78 Å². The van der Waals surface area contributed by atoms with Crippen molar-refractivity contribution in [3.05, 3.63) is 90.6 Å². The molecule has 3 N–H and O–H groups in total. The Kier molecular flexibility index (Phi) is 6.15. The lowest BCUT2D eigenvalue weighted by atomic mass is 9.91. The number of nitrogen functional groups attached to an aromatic ring is 1.